The van der Waals surface area contributed by atoms with Crippen LogP contribution in [-0.4, -0.2) is 0 Å². The fraction of sp³-hybridized carbons (Fsp3) is 0.462. The van der Waals surface area contributed by atoms with E-state index in [1.165, 1.54) is 98.6 Å². The fourth-order valence-electron chi connectivity index (χ4n) is 4.76. The highest BCUT2D eigenvalue weighted by Gasteiger charge is 2.10. The summed E-state index contributed by atoms with van der Waals surface area (Å²) < 4.78 is 0. The Labute approximate surface area is 158 Å². The van der Waals surface area contributed by atoms with Gasteiger partial charge in [0.1, 0.15) is 0 Å². The lowest BCUT2D eigenvalue weighted by Gasteiger charge is -2.15. The molecule has 0 spiro atoms. The van der Waals surface area contributed by atoms with Gasteiger partial charge in [-0.25, -0.2) is 0 Å². The number of fused-ring (bicyclic) bond motifs is 2. The van der Waals surface area contributed by atoms with Gasteiger partial charge in [-0.15, -0.1) is 0 Å². The van der Waals surface area contributed by atoms with E-state index in [1.807, 2.05) is 0 Å². The van der Waals surface area contributed by atoms with Crippen molar-refractivity contribution < 1.29 is 0 Å². The summed E-state index contributed by atoms with van der Waals surface area (Å²) in [5.74, 6) is 0. The molecule has 3 aromatic rings. The molecule has 0 aliphatic heterocycles. The van der Waals surface area contributed by atoms with Gasteiger partial charge >= 0.3 is 0 Å². The molecule has 0 aromatic heterocycles. The zero-order valence-corrected chi connectivity index (χ0v) is 16.1. The van der Waals surface area contributed by atoms with Crippen LogP contribution in [-0.2, 0) is 12.8 Å². The molecule has 0 fully saturated rings. The molecule has 0 heteroatoms. The van der Waals surface area contributed by atoms with E-state index < -0.39 is 0 Å². The maximum absolute atomic E-state index is 2.45. The molecule has 0 heterocycles. The molecule has 0 saturated heterocycles. The minimum atomic E-state index is 1.22. The minimum Gasteiger partial charge on any atom is -0.0616 e. The monoisotopic (exact) mass is 344 g/mol. The van der Waals surface area contributed by atoms with Crippen molar-refractivity contribution in [3.63, 3.8) is 0 Å². The number of benzene rings is 3. The van der Waals surface area contributed by atoms with Crippen LogP contribution in [0.15, 0.2) is 48.5 Å². The van der Waals surface area contributed by atoms with Gasteiger partial charge in [0, 0.05) is 0 Å². The Morgan fingerprint density at radius 1 is 0.462 bits per heavy atom. The summed E-state index contributed by atoms with van der Waals surface area (Å²) in [7, 11) is 0. The van der Waals surface area contributed by atoms with Crippen LogP contribution in [0.2, 0.25) is 0 Å². The Morgan fingerprint density at radius 3 is 1.85 bits per heavy atom. The largest absolute Gasteiger partial charge is 0.0616 e. The Bertz CT molecular complexity index is 858. The molecule has 0 radical (unpaired) electrons. The van der Waals surface area contributed by atoms with Crippen molar-refractivity contribution in [2.75, 3.05) is 0 Å². The van der Waals surface area contributed by atoms with Gasteiger partial charge in [0.15, 0.2) is 0 Å². The van der Waals surface area contributed by atoms with Crippen molar-refractivity contribution in [2.45, 2.75) is 77.0 Å². The number of hydrogen-bond acceptors (Lipinski definition) is 0. The van der Waals surface area contributed by atoms with Crippen molar-refractivity contribution in [1.82, 2.24) is 0 Å². The first-order chi connectivity index (χ1) is 12.9. The van der Waals surface area contributed by atoms with E-state index in [2.05, 4.69) is 48.5 Å². The summed E-state index contributed by atoms with van der Waals surface area (Å²) in [5.41, 5.74) is 3.15. The van der Waals surface area contributed by atoms with Gasteiger partial charge in [-0.1, -0.05) is 93.8 Å². The second kappa shape index (κ2) is 8.71. The zero-order chi connectivity index (χ0) is 17.6. The quantitative estimate of drug-likeness (QED) is 0.362. The molecule has 0 N–H and O–H groups in total. The number of rotatable bonds is 0. The number of hydrogen-bond donors (Lipinski definition) is 0. The Kier molecular flexibility index (Phi) is 5.89. The lowest BCUT2D eigenvalue weighted by atomic mass is 9.90. The third-order valence-electron chi connectivity index (χ3n) is 6.23. The minimum absolute atomic E-state index is 1.22. The van der Waals surface area contributed by atoms with Crippen LogP contribution in [0.25, 0.3) is 21.5 Å². The molecular weight excluding hydrogens is 312 g/mol. The Hall–Kier alpha value is -1.82. The summed E-state index contributed by atoms with van der Waals surface area (Å²) in [6.45, 7) is 0. The summed E-state index contributed by atoms with van der Waals surface area (Å²) in [6, 6.07) is 18.5. The fourth-order valence-corrected chi connectivity index (χ4v) is 4.76. The number of aryl methyl sites for hydroxylation is 2. The van der Waals surface area contributed by atoms with Crippen LogP contribution in [0.5, 0.6) is 0 Å². The van der Waals surface area contributed by atoms with E-state index in [-0.39, 0.29) is 0 Å². The Balaban J connectivity index is 1.76. The second-order valence-corrected chi connectivity index (χ2v) is 8.12. The molecule has 4 bridgehead atoms. The van der Waals surface area contributed by atoms with E-state index in [0.717, 1.165) is 0 Å². The van der Waals surface area contributed by atoms with E-state index >= 15 is 0 Å². The van der Waals surface area contributed by atoms with E-state index in [9.17, 15) is 0 Å². The average Bonchev–Trinajstić information content (AvgIpc) is 2.67. The standard InChI is InChI=1S/C26H32/c1-2-4-6-8-10-18-24-23-17-12-11-15-22(23)20-26-21(14-9-7-5-3-1)16-13-19-25(24)26/h11-13,15-17,19-20H,1-10,14,18H2. The highest BCUT2D eigenvalue weighted by molar-refractivity contribution is 6.03. The van der Waals surface area contributed by atoms with Gasteiger partial charge in [0.25, 0.3) is 0 Å². The third kappa shape index (κ3) is 3.95. The third-order valence-corrected chi connectivity index (χ3v) is 6.23. The van der Waals surface area contributed by atoms with Gasteiger partial charge in [0.05, 0.1) is 0 Å². The summed E-state index contributed by atoms with van der Waals surface area (Å²) in [6.07, 6.45) is 16.5. The molecule has 0 unspecified atom stereocenters. The Morgan fingerprint density at radius 2 is 1.08 bits per heavy atom. The van der Waals surface area contributed by atoms with Crippen molar-refractivity contribution in [3.05, 3.63) is 59.7 Å². The van der Waals surface area contributed by atoms with Gasteiger partial charge in [-0.2, -0.15) is 0 Å². The van der Waals surface area contributed by atoms with Gasteiger partial charge in [-0.3, -0.25) is 0 Å². The van der Waals surface area contributed by atoms with Crippen LogP contribution in [0.4, 0.5) is 0 Å². The topological polar surface area (TPSA) is 0 Å². The first kappa shape index (κ1) is 17.6. The van der Waals surface area contributed by atoms with Crippen LogP contribution < -0.4 is 0 Å². The summed E-state index contributed by atoms with van der Waals surface area (Å²) in [4.78, 5) is 0. The van der Waals surface area contributed by atoms with Gasteiger partial charge < -0.3 is 0 Å². The lowest BCUT2D eigenvalue weighted by molar-refractivity contribution is 0.551. The zero-order valence-electron chi connectivity index (χ0n) is 16.1. The highest BCUT2D eigenvalue weighted by atomic mass is 14.1. The average molecular weight is 345 g/mol. The summed E-state index contributed by atoms with van der Waals surface area (Å²) in [5, 5.41) is 5.91. The van der Waals surface area contributed by atoms with Gasteiger partial charge in [0.2, 0.25) is 0 Å². The molecule has 0 atom stereocenters. The van der Waals surface area contributed by atoms with Crippen LogP contribution >= 0.6 is 0 Å². The molecule has 0 saturated carbocycles. The molecule has 26 heavy (non-hydrogen) atoms. The molecule has 136 valence electrons. The van der Waals surface area contributed by atoms with Crippen molar-refractivity contribution in [1.29, 1.82) is 0 Å². The molecular formula is C26H32. The first-order valence-corrected chi connectivity index (χ1v) is 10.9. The molecule has 1 aliphatic carbocycles. The molecule has 3 aromatic carbocycles. The van der Waals surface area contributed by atoms with E-state index in [1.54, 1.807) is 11.1 Å². The molecule has 4 rings (SSSR count). The maximum atomic E-state index is 2.45. The van der Waals surface area contributed by atoms with Crippen molar-refractivity contribution >= 4 is 21.5 Å². The molecule has 0 nitrogen and oxygen atoms in total. The molecule has 0 amide bonds. The lowest BCUT2D eigenvalue weighted by Crippen LogP contribution is -1.95. The maximum Gasteiger partial charge on any atom is -0.0143 e. The van der Waals surface area contributed by atoms with Gasteiger partial charge in [-0.05, 0) is 64.4 Å². The van der Waals surface area contributed by atoms with E-state index in [0.29, 0.717) is 0 Å². The van der Waals surface area contributed by atoms with Crippen molar-refractivity contribution in [2.24, 2.45) is 0 Å². The highest BCUT2D eigenvalue weighted by Crippen LogP contribution is 2.32. The first-order valence-electron chi connectivity index (χ1n) is 10.9. The smallest absolute Gasteiger partial charge is 0.0143 e. The van der Waals surface area contributed by atoms with Crippen LogP contribution in [0.1, 0.15) is 75.3 Å². The second-order valence-electron chi connectivity index (χ2n) is 8.12. The SMILES string of the molecule is c1ccc2c3c4cccc(c4cc2c1)CCCCCCCCCCCC3. The van der Waals surface area contributed by atoms with Crippen LogP contribution in [0.3, 0.4) is 0 Å². The summed E-state index contributed by atoms with van der Waals surface area (Å²) >= 11 is 0. The predicted molar refractivity (Wildman–Crippen MR) is 115 cm³/mol. The normalized spacial score (nSPS) is 17.7. The predicted octanol–water partition coefficient (Wildman–Crippen LogP) is 7.99. The van der Waals surface area contributed by atoms with Crippen LogP contribution in [0, 0.1) is 0 Å². The molecule has 1 aliphatic rings. The van der Waals surface area contributed by atoms with Crippen molar-refractivity contribution in [3.8, 4) is 0 Å². The van der Waals surface area contributed by atoms with E-state index in [4.69, 9.17) is 0 Å².